The number of benzene rings is 1. The molecular weight excluding hydrogens is 206 g/mol. The molecule has 1 aromatic carbocycles. The van der Waals surface area contributed by atoms with Gasteiger partial charge in [-0.05, 0) is 6.07 Å². The zero-order valence-corrected chi connectivity index (χ0v) is 8.40. The average molecular weight is 217 g/mol. The zero-order valence-electron chi connectivity index (χ0n) is 7.58. The fraction of sp³-hybridized carbons (Fsp3) is 0.250. The molecule has 0 saturated heterocycles. The van der Waals surface area contributed by atoms with Crippen molar-refractivity contribution in [2.75, 3.05) is 7.05 Å². The Morgan fingerprint density at radius 3 is 2.43 bits per heavy atom. The Hall–Kier alpha value is -1.11. The summed E-state index contributed by atoms with van der Waals surface area (Å²) in [4.78, 5) is 0. The molecule has 0 amide bonds. The summed E-state index contributed by atoms with van der Waals surface area (Å²) in [6.45, 7) is -0.0640. The van der Waals surface area contributed by atoms with Crippen LogP contribution in [0.25, 0.3) is 0 Å². The Balaban J connectivity index is 2.85. The molecule has 6 heteroatoms. The molecule has 0 aliphatic carbocycles. The van der Waals surface area contributed by atoms with E-state index in [1.807, 2.05) is 0 Å². The molecule has 1 aromatic rings. The molecule has 2 N–H and O–H groups in total. The maximum absolute atomic E-state index is 10.6. The number of hydrogen-bond donors (Lipinski definition) is 2. The molecule has 0 aliphatic rings. The standard InChI is InChI=1S/C8H11NO4S/c1-9(14(11,12)13)6-7-4-2-3-5-8(7)10/h2-5,10H,6H2,1H3,(H,11,12,13). The lowest BCUT2D eigenvalue weighted by molar-refractivity contribution is 0.378. The van der Waals surface area contributed by atoms with Gasteiger partial charge >= 0.3 is 10.3 Å². The Kier molecular flexibility index (Phi) is 3.10. The minimum absolute atomic E-state index is 0.00278. The van der Waals surface area contributed by atoms with Crippen LogP contribution in [-0.2, 0) is 16.8 Å². The second kappa shape index (κ2) is 3.95. The first-order valence-electron chi connectivity index (χ1n) is 3.87. The Morgan fingerprint density at radius 2 is 1.93 bits per heavy atom. The largest absolute Gasteiger partial charge is 0.508 e. The van der Waals surface area contributed by atoms with Gasteiger partial charge in [-0.25, -0.2) is 0 Å². The zero-order chi connectivity index (χ0) is 10.8. The van der Waals surface area contributed by atoms with Crippen molar-refractivity contribution in [3.05, 3.63) is 29.8 Å². The second-order valence-corrected chi connectivity index (χ2v) is 4.38. The van der Waals surface area contributed by atoms with Gasteiger partial charge < -0.3 is 5.11 Å². The predicted octanol–water partition coefficient (Wildman–Crippen LogP) is 0.627. The highest BCUT2D eigenvalue weighted by molar-refractivity contribution is 7.83. The number of phenolic OH excluding ortho intramolecular Hbond substituents is 1. The topological polar surface area (TPSA) is 77.8 Å². The van der Waals surface area contributed by atoms with Crippen LogP contribution in [-0.4, -0.2) is 29.4 Å². The van der Waals surface area contributed by atoms with E-state index in [2.05, 4.69) is 0 Å². The van der Waals surface area contributed by atoms with E-state index in [9.17, 15) is 13.5 Å². The van der Waals surface area contributed by atoms with Crippen molar-refractivity contribution in [3.8, 4) is 5.75 Å². The van der Waals surface area contributed by atoms with Crippen LogP contribution >= 0.6 is 0 Å². The predicted molar refractivity (Wildman–Crippen MR) is 51.1 cm³/mol. The van der Waals surface area contributed by atoms with Crippen molar-refractivity contribution in [1.29, 1.82) is 0 Å². The van der Waals surface area contributed by atoms with Crippen molar-refractivity contribution in [2.45, 2.75) is 6.54 Å². The number of hydrogen-bond acceptors (Lipinski definition) is 3. The van der Waals surface area contributed by atoms with Gasteiger partial charge in [-0.15, -0.1) is 0 Å². The molecule has 14 heavy (non-hydrogen) atoms. The highest BCUT2D eigenvalue weighted by Crippen LogP contribution is 2.17. The lowest BCUT2D eigenvalue weighted by Crippen LogP contribution is -2.25. The van der Waals surface area contributed by atoms with Crippen molar-refractivity contribution in [1.82, 2.24) is 4.31 Å². The minimum Gasteiger partial charge on any atom is -0.508 e. The first kappa shape index (κ1) is 11.0. The fourth-order valence-electron chi connectivity index (χ4n) is 0.966. The summed E-state index contributed by atoms with van der Waals surface area (Å²) in [7, 11) is -2.97. The van der Waals surface area contributed by atoms with E-state index in [1.54, 1.807) is 18.2 Å². The third-order valence-electron chi connectivity index (χ3n) is 1.78. The summed E-state index contributed by atoms with van der Waals surface area (Å²) in [6, 6.07) is 6.34. The lowest BCUT2D eigenvalue weighted by Gasteiger charge is -2.12. The molecule has 0 atom stereocenters. The van der Waals surface area contributed by atoms with Crippen LogP contribution in [0.1, 0.15) is 5.56 Å². The van der Waals surface area contributed by atoms with Crippen LogP contribution < -0.4 is 0 Å². The van der Waals surface area contributed by atoms with E-state index in [0.717, 1.165) is 4.31 Å². The molecule has 0 radical (unpaired) electrons. The van der Waals surface area contributed by atoms with Gasteiger partial charge in [0.2, 0.25) is 0 Å². The van der Waals surface area contributed by atoms with Crippen molar-refractivity contribution in [2.24, 2.45) is 0 Å². The molecule has 0 aromatic heterocycles. The first-order valence-corrected chi connectivity index (χ1v) is 5.26. The van der Waals surface area contributed by atoms with Gasteiger partial charge in [0.1, 0.15) is 5.75 Å². The van der Waals surface area contributed by atoms with E-state index >= 15 is 0 Å². The number of rotatable bonds is 3. The summed E-state index contributed by atoms with van der Waals surface area (Å²) in [6.07, 6.45) is 0. The quantitative estimate of drug-likeness (QED) is 0.728. The maximum Gasteiger partial charge on any atom is 0.335 e. The van der Waals surface area contributed by atoms with Crippen molar-refractivity contribution < 1.29 is 18.1 Å². The molecule has 0 fully saturated rings. The summed E-state index contributed by atoms with van der Waals surface area (Å²) in [5.74, 6) is 0.00278. The lowest BCUT2D eigenvalue weighted by atomic mass is 10.2. The summed E-state index contributed by atoms with van der Waals surface area (Å²) in [5.41, 5.74) is 0.438. The second-order valence-electron chi connectivity index (χ2n) is 2.86. The van der Waals surface area contributed by atoms with Gasteiger partial charge in [-0.3, -0.25) is 4.55 Å². The fourth-order valence-corrected chi connectivity index (χ4v) is 1.27. The van der Waals surface area contributed by atoms with E-state index in [1.165, 1.54) is 13.1 Å². The van der Waals surface area contributed by atoms with Crippen LogP contribution in [0.4, 0.5) is 0 Å². The van der Waals surface area contributed by atoms with Gasteiger partial charge in [-0.1, -0.05) is 18.2 Å². The van der Waals surface area contributed by atoms with E-state index in [0.29, 0.717) is 5.56 Å². The molecule has 0 spiro atoms. The summed E-state index contributed by atoms with van der Waals surface area (Å²) in [5, 5.41) is 9.32. The minimum atomic E-state index is -4.20. The van der Waals surface area contributed by atoms with E-state index < -0.39 is 10.3 Å². The van der Waals surface area contributed by atoms with Crippen LogP contribution in [0, 0.1) is 0 Å². The average Bonchev–Trinajstić information content (AvgIpc) is 2.07. The smallest absolute Gasteiger partial charge is 0.335 e. The molecule has 0 aliphatic heterocycles. The van der Waals surface area contributed by atoms with E-state index in [4.69, 9.17) is 4.55 Å². The van der Waals surface area contributed by atoms with Crippen LogP contribution in [0.3, 0.4) is 0 Å². The number of aromatic hydroxyl groups is 1. The van der Waals surface area contributed by atoms with Crippen molar-refractivity contribution >= 4 is 10.3 Å². The molecular formula is C8H11NO4S. The highest BCUT2D eigenvalue weighted by Gasteiger charge is 2.14. The van der Waals surface area contributed by atoms with Gasteiger partial charge in [-0.2, -0.15) is 12.7 Å². The Labute approximate surface area is 82.5 Å². The Morgan fingerprint density at radius 1 is 1.36 bits per heavy atom. The van der Waals surface area contributed by atoms with Crippen molar-refractivity contribution in [3.63, 3.8) is 0 Å². The van der Waals surface area contributed by atoms with Crippen LogP contribution in [0.2, 0.25) is 0 Å². The molecule has 1 rings (SSSR count). The molecule has 5 nitrogen and oxygen atoms in total. The van der Waals surface area contributed by atoms with Crippen LogP contribution in [0.5, 0.6) is 5.75 Å². The number of phenols is 1. The maximum atomic E-state index is 10.6. The van der Waals surface area contributed by atoms with Gasteiger partial charge in [0.15, 0.2) is 0 Å². The first-order chi connectivity index (χ1) is 6.41. The summed E-state index contributed by atoms with van der Waals surface area (Å²) < 4.78 is 30.7. The third-order valence-corrected chi connectivity index (χ3v) is 2.70. The number of para-hydroxylation sites is 1. The molecule has 0 saturated carbocycles. The van der Waals surface area contributed by atoms with Gasteiger partial charge in [0.05, 0.1) is 0 Å². The molecule has 78 valence electrons. The number of nitrogens with zero attached hydrogens (tertiary/aromatic N) is 1. The SMILES string of the molecule is CN(Cc1ccccc1O)S(=O)(=O)O. The molecule has 0 heterocycles. The molecule has 0 unspecified atom stereocenters. The third kappa shape index (κ3) is 2.69. The normalized spacial score (nSPS) is 11.9. The van der Waals surface area contributed by atoms with Crippen LogP contribution in [0.15, 0.2) is 24.3 Å². The monoisotopic (exact) mass is 217 g/mol. The highest BCUT2D eigenvalue weighted by atomic mass is 32.2. The van der Waals surface area contributed by atoms with E-state index in [-0.39, 0.29) is 12.3 Å². The Bertz CT molecular complexity index is 415. The summed E-state index contributed by atoms with van der Waals surface area (Å²) >= 11 is 0. The molecule has 0 bridgehead atoms. The van der Waals surface area contributed by atoms with Gasteiger partial charge in [0, 0.05) is 19.2 Å². The van der Waals surface area contributed by atoms with Gasteiger partial charge in [0.25, 0.3) is 0 Å².